The second kappa shape index (κ2) is 10.3. The van der Waals surface area contributed by atoms with Crippen LogP contribution in [0, 0.1) is 12.7 Å². The highest BCUT2D eigenvalue weighted by atomic mass is 35.5. The van der Waals surface area contributed by atoms with Crippen molar-refractivity contribution in [1.29, 1.82) is 0 Å². The molecule has 1 fully saturated rings. The number of halogens is 2. The molecule has 0 unspecified atom stereocenters. The monoisotopic (exact) mass is 534 g/mol. The van der Waals surface area contributed by atoms with Gasteiger partial charge in [-0.3, -0.25) is 14.3 Å². The zero-order valence-electron chi connectivity index (χ0n) is 19.2. The molecule has 190 valence electrons. The fourth-order valence-corrected chi connectivity index (χ4v) is 5.24. The third kappa shape index (κ3) is 5.68. The molecule has 0 bridgehead atoms. The first-order chi connectivity index (χ1) is 17.0. The van der Waals surface area contributed by atoms with E-state index in [1.165, 1.54) is 24.3 Å². The SMILES string of the molecule is Cc1ccc(S(=O)(=O)Nc2c(NC3CCC(NC(=O)Nc4ccc(Cl)c(F)c4)CC3)c(=O)c2=O)cc1. The Labute approximate surface area is 211 Å². The topological polar surface area (TPSA) is 133 Å². The van der Waals surface area contributed by atoms with Crippen molar-refractivity contribution in [3.05, 3.63) is 79.3 Å². The van der Waals surface area contributed by atoms with Crippen LogP contribution in [0.1, 0.15) is 31.2 Å². The maximum absolute atomic E-state index is 13.5. The van der Waals surface area contributed by atoms with Gasteiger partial charge >= 0.3 is 6.03 Å². The summed E-state index contributed by atoms with van der Waals surface area (Å²) in [6.45, 7) is 1.82. The molecular formula is C24H24ClFN4O5S. The quantitative estimate of drug-likeness (QED) is 0.341. The Bertz CT molecular complexity index is 1460. The largest absolute Gasteiger partial charge is 0.377 e. The molecule has 1 aliphatic rings. The van der Waals surface area contributed by atoms with Crippen molar-refractivity contribution in [3.63, 3.8) is 0 Å². The molecule has 0 spiro atoms. The number of hydrogen-bond donors (Lipinski definition) is 4. The van der Waals surface area contributed by atoms with Crippen molar-refractivity contribution in [2.45, 2.75) is 49.6 Å². The van der Waals surface area contributed by atoms with Crippen molar-refractivity contribution >= 4 is 44.7 Å². The second-order valence-corrected chi connectivity index (χ2v) is 10.8. The molecule has 12 heteroatoms. The minimum Gasteiger partial charge on any atom is -0.377 e. The zero-order chi connectivity index (χ0) is 26.0. The number of benzene rings is 2. The van der Waals surface area contributed by atoms with Crippen LogP contribution in [0.5, 0.6) is 0 Å². The maximum atomic E-state index is 13.5. The molecule has 0 saturated heterocycles. The van der Waals surface area contributed by atoms with Gasteiger partial charge in [-0.05, 0) is 62.9 Å². The van der Waals surface area contributed by atoms with Crippen molar-refractivity contribution in [1.82, 2.24) is 5.32 Å². The standard InChI is InChI=1S/C24H24ClFN4O5S/c1-13-2-9-17(10-3-13)36(34,35)30-21-20(22(31)23(21)32)27-14-4-6-15(7-5-14)28-24(33)29-16-8-11-18(25)19(26)12-16/h2-3,8-12,14-15,27,30H,4-7H2,1H3,(H2,28,29,33). The van der Waals surface area contributed by atoms with Crippen molar-refractivity contribution < 1.29 is 17.6 Å². The van der Waals surface area contributed by atoms with Crippen LogP contribution >= 0.6 is 11.6 Å². The van der Waals surface area contributed by atoms with Gasteiger partial charge in [0.25, 0.3) is 20.9 Å². The van der Waals surface area contributed by atoms with E-state index >= 15 is 0 Å². The normalized spacial score (nSPS) is 18.0. The van der Waals surface area contributed by atoms with Crippen LogP contribution in [0.15, 0.2) is 56.9 Å². The highest BCUT2D eigenvalue weighted by molar-refractivity contribution is 7.92. The number of amides is 2. The minimum absolute atomic E-state index is 0.0155. The van der Waals surface area contributed by atoms with E-state index < -0.39 is 32.7 Å². The summed E-state index contributed by atoms with van der Waals surface area (Å²) in [6, 6.07) is 9.26. The van der Waals surface area contributed by atoms with E-state index in [-0.39, 0.29) is 39.1 Å². The predicted octanol–water partition coefficient (Wildman–Crippen LogP) is 3.73. The second-order valence-electron chi connectivity index (χ2n) is 8.75. The lowest BCUT2D eigenvalue weighted by atomic mass is 9.91. The summed E-state index contributed by atoms with van der Waals surface area (Å²) in [5, 5.41) is 8.33. The van der Waals surface area contributed by atoms with Gasteiger partial charge in [-0.2, -0.15) is 0 Å². The molecule has 36 heavy (non-hydrogen) atoms. The van der Waals surface area contributed by atoms with E-state index in [2.05, 4.69) is 20.7 Å². The van der Waals surface area contributed by atoms with Crippen molar-refractivity contribution in [2.24, 2.45) is 0 Å². The molecule has 3 aromatic rings. The Morgan fingerprint density at radius 1 is 0.944 bits per heavy atom. The summed E-state index contributed by atoms with van der Waals surface area (Å²) < 4.78 is 41.1. The van der Waals surface area contributed by atoms with E-state index in [1.807, 2.05) is 6.92 Å². The average Bonchev–Trinajstić information content (AvgIpc) is 2.84. The highest BCUT2D eigenvalue weighted by Crippen LogP contribution is 2.26. The number of carbonyl (C=O) groups is 1. The van der Waals surface area contributed by atoms with Gasteiger partial charge in [-0.25, -0.2) is 17.6 Å². The molecule has 1 aliphatic carbocycles. The molecule has 2 amide bonds. The Morgan fingerprint density at radius 2 is 1.56 bits per heavy atom. The lowest BCUT2D eigenvalue weighted by Gasteiger charge is -2.31. The smallest absolute Gasteiger partial charge is 0.319 e. The minimum atomic E-state index is -4.03. The zero-order valence-corrected chi connectivity index (χ0v) is 20.8. The van der Waals surface area contributed by atoms with Gasteiger partial charge in [0, 0.05) is 17.8 Å². The first kappa shape index (κ1) is 25.6. The van der Waals surface area contributed by atoms with E-state index in [1.54, 1.807) is 12.1 Å². The lowest BCUT2D eigenvalue weighted by Crippen LogP contribution is -2.44. The summed E-state index contributed by atoms with van der Waals surface area (Å²) in [5.41, 5.74) is -0.826. The summed E-state index contributed by atoms with van der Waals surface area (Å²) in [6.07, 6.45) is 2.31. The summed E-state index contributed by atoms with van der Waals surface area (Å²) >= 11 is 5.64. The Hall–Kier alpha value is -3.44. The number of sulfonamides is 1. The van der Waals surface area contributed by atoms with Gasteiger partial charge in [0.05, 0.1) is 9.92 Å². The Kier molecular flexibility index (Phi) is 7.32. The number of aryl methyl sites for hydroxylation is 1. The molecule has 0 atom stereocenters. The number of rotatable bonds is 7. The Balaban J connectivity index is 1.32. The predicted molar refractivity (Wildman–Crippen MR) is 137 cm³/mol. The lowest BCUT2D eigenvalue weighted by molar-refractivity contribution is 0.243. The molecule has 0 aliphatic heterocycles. The third-order valence-corrected chi connectivity index (χ3v) is 7.74. The maximum Gasteiger partial charge on any atom is 0.319 e. The van der Waals surface area contributed by atoms with Crippen LogP contribution in [0.2, 0.25) is 5.02 Å². The van der Waals surface area contributed by atoms with Gasteiger partial charge in [0.2, 0.25) is 0 Å². The van der Waals surface area contributed by atoms with Crippen LogP contribution in [-0.4, -0.2) is 26.5 Å². The van der Waals surface area contributed by atoms with Gasteiger partial charge in [0.1, 0.15) is 17.2 Å². The van der Waals surface area contributed by atoms with Crippen LogP contribution in [0.3, 0.4) is 0 Å². The van der Waals surface area contributed by atoms with E-state index in [9.17, 15) is 27.2 Å². The van der Waals surface area contributed by atoms with E-state index in [0.717, 1.165) is 11.6 Å². The molecule has 0 radical (unpaired) electrons. The number of nitrogens with one attached hydrogen (secondary N) is 4. The Morgan fingerprint density at radius 3 is 2.19 bits per heavy atom. The fourth-order valence-electron chi connectivity index (χ4n) is 4.05. The average molecular weight is 535 g/mol. The van der Waals surface area contributed by atoms with Crippen LogP contribution < -0.4 is 31.5 Å². The molecule has 0 heterocycles. The van der Waals surface area contributed by atoms with Gasteiger partial charge in [0.15, 0.2) is 0 Å². The summed E-state index contributed by atoms with van der Waals surface area (Å²) in [4.78, 5) is 36.4. The molecular weight excluding hydrogens is 511 g/mol. The summed E-state index contributed by atoms with van der Waals surface area (Å²) in [5.74, 6) is -0.639. The third-order valence-electron chi connectivity index (χ3n) is 6.07. The molecule has 4 rings (SSSR count). The summed E-state index contributed by atoms with van der Waals surface area (Å²) in [7, 11) is -4.03. The van der Waals surface area contributed by atoms with Crippen LogP contribution in [0.25, 0.3) is 0 Å². The molecule has 4 N–H and O–H groups in total. The van der Waals surface area contributed by atoms with Crippen LogP contribution in [-0.2, 0) is 10.0 Å². The number of hydrogen-bond acceptors (Lipinski definition) is 6. The number of anilines is 3. The van der Waals surface area contributed by atoms with Gasteiger partial charge in [-0.1, -0.05) is 29.3 Å². The van der Waals surface area contributed by atoms with Crippen molar-refractivity contribution in [2.75, 3.05) is 15.4 Å². The van der Waals surface area contributed by atoms with Crippen LogP contribution in [0.4, 0.5) is 26.2 Å². The first-order valence-corrected chi connectivity index (χ1v) is 13.1. The fraction of sp³-hybridized carbons (Fsp3) is 0.292. The van der Waals surface area contributed by atoms with E-state index in [4.69, 9.17) is 11.6 Å². The molecule has 0 aromatic heterocycles. The van der Waals surface area contributed by atoms with E-state index in [0.29, 0.717) is 25.7 Å². The first-order valence-electron chi connectivity index (χ1n) is 11.3. The van der Waals surface area contributed by atoms with Crippen molar-refractivity contribution in [3.8, 4) is 0 Å². The molecule has 1 saturated carbocycles. The number of carbonyl (C=O) groups excluding carboxylic acids is 1. The highest BCUT2D eigenvalue weighted by Gasteiger charge is 2.29. The molecule has 3 aromatic carbocycles. The molecule has 9 nitrogen and oxygen atoms in total. The van der Waals surface area contributed by atoms with Gasteiger partial charge in [-0.15, -0.1) is 0 Å². The van der Waals surface area contributed by atoms with Gasteiger partial charge < -0.3 is 16.0 Å². The number of urea groups is 1.